The fourth-order valence-electron chi connectivity index (χ4n) is 2.62. The third kappa shape index (κ3) is 3.65. The van der Waals surface area contributed by atoms with Crippen LogP contribution in [0.15, 0.2) is 58.2 Å². The monoisotopic (exact) mass is 376 g/mol. The maximum Gasteiger partial charge on any atom is 0.326 e. The zero-order valence-corrected chi connectivity index (χ0v) is 14.4. The highest BCUT2D eigenvalue weighted by molar-refractivity contribution is 7.89. The van der Waals surface area contributed by atoms with Gasteiger partial charge in [-0.05, 0) is 24.6 Å². The Hall–Kier alpha value is -2.98. The van der Waals surface area contributed by atoms with Gasteiger partial charge in [0.15, 0.2) is 0 Å². The van der Waals surface area contributed by atoms with Crippen molar-refractivity contribution < 1.29 is 13.3 Å². The summed E-state index contributed by atoms with van der Waals surface area (Å²) in [7, 11) is -3.86. The van der Waals surface area contributed by atoms with Gasteiger partial charge in [-0.3, -0.25) is 14.7 Å². The van der Waals surface area contributed by atoms with Crippen LogP contribution in [0.2, 0.25) is 0 Å². The molecular weight excluding hydrogens is 360 g/mol. The number of non-ortho nitro benzene ring substituents is 1. The Balaban J connectivity index is 1.66. The molecule has 0 aliphatic carbocycles. The lowest BCUT2D eigenvalue weighted by atomic mass is 10.3. The summed E-state index contributed by atoms with van der Waals surface area (Å²) in [5.74, 6) is 0. The van der Waals surface area contributed by atoms with Gasteiger partial charge in [-0.1, -0.05) is 18.2 Å². The van der Waals surface area contributed by atoms with Crippen LogP contribution in [0.3, 0.4) is 0 Å². The molecule has 0 amide bonds. The molecule has 0 radical (unpaired) electrons. The average molecular weight is 376 g/mol. The van der Waals surface area contributed by atoms with Crippen molar-refractivity contribution in [2.24, 2.45) is 0 Å². The number of hydrogen-bond acceptors (Lipinski definition) is 5. The minimum absolute atomic E-state index is 0.0942. The van der Waals surface area contributed by atoms with Crippen molar-refractivity contribution in [2.45, 2.75) is 17.9 Å². The lowest BCUT2D eigenvalue weighted by Gasteiger charge is -2.07. The molecule has 0 saturated heterocycles. The van der Waals surface area contributed by atoms with Crippen LogP contribution in [0, 0.1) is 10.1 Å². The molecule has 0 saturated carbocycles. The van der Waals surface area contributed by atoms with Gasteiger partial charge in [0.05, 0.1) is 20.9 Å². The number of hydrogen-bond donors (Lipinski definition) is 2. The molecule has 26 heavy (non-hydrogen) atoms. The molecule has 0 unspecified atom stereocenters. The van der Waals surface area contributed by atoms with Gasteiger partial charge in [0.25, 0.3) is 5.69 Å². The zero-order valence-electron chi connectivity index (χ0n) is 13.6. The van der Waals surface area contributed by atoms with E-state index in [1.807, 2.05) is 12.1 Å². The number of para-hydroxylation sites is 2. The summed E-state index contributed by atoms with van der Waals surface area (Å²) in [4.78, 5) is 24.6. The molecule has 0 aliphatic rings. The number of fused-ring (bicyclic) bond motifs is 1. The van der Waals surface area contributed by atoms with Crippen molar-refractivity contribution in [3.05, 3.63) is 69.1 Å². The van der Waals surface area contributed by atoms with Crippen molar-refractivity contribution in [3.63, 3.8) is 0 Å². The minimum atomic E-state index is -3.86. The predicted molar refractivity (Wildman–Crippen MR) is 95.5 cm³/mol. The standard InChI is InChI=1S/C16H16N4O5S/c21-16-18-14-7-1-2-8-15(14)19(16)10-4-9-17-26(24,25)13-6-3-5-12(11-13)20(22)23/h1-3,5-8,11,17H,4,9-10H2,(H,18,21). The Bertz CT molecular complexity index is 1120. The molecule has 1 heterocycles. The van der Waals surface area contributed by atoms with E-state index in [9.17, 15) is 23.3 Å². The van der Waals surface area contributed by atoms with E-state index in [2.05, 4.69) is 9.71 Å². The Kier molecular flexibility index (Phi) is 4.87. The molecule has 0 spiro atoms. The second kappa shape index (κ2) is 7.10. The summed E-state index contributed by atoms with van der Waals surface area (Å²) in [6.07, 6.45) is 0.385. The highest BCUT2D eigenvalue weighted by Crippen LogP contribution is 2.17. The van der Waals surface area contributed by atoms with Crippen LogP contribution < -0.4 is 10.4 Å². The lowest BCUT2D eigenvalue weighted by Crippen LogP contribution is -2.26. The normalized spacial score (nSPS) is 11.7. The van der Waals surface area contributed by atoms with Gasteiger partial charge in [-0.25, -0.2) is 17.9 Å². The van der Waals surface area contributed by atoms with Crippen LogP contribution in [-0.2, 0) is 16.6 Å². The summed E-state index contributed by atoms with van der Waals surface area (Å²) in [5.41, 5.74) is 0.916. The first-order valence-electron chi connectivity index (χ1n) is 7.80. The summed E-state index contributed by atoms with van der Waals surface area (Å²) in [6, 6.07) is 12.1. The summed E-state index contributed by atoms with van der Waals surface area (Å²) in [6.45, 7) is 0.428. The Morgan fingerprint density at radius 1 is 1.15 bits per heavy atom. The average Bonchev–Trinajstić information content (AvgIpc) is 2.94. The zero-order chi connectivity index (χ0) is 18.7. The fourth-order valence-corrected chi connectivity index (χ4v) is 3.73. The second-order valence-electron chi connectivity index (χ2n) is 5.60. The number of aromatic amines is 1. The minimum Gasteiger partial charge on any atom is -0.306 e. The van der Waals surface area contributed by atoms with Crippen molar-refractivity contribution in [1.82, 2.24) is 14.3 Å². The van der Waals surface area contributed by atoms with Gasteiger partial charge in [0.1, 0.15) is 0 Å². The van der Waals surface area contributed by atoms with E-state index in [0.717, 1.165) is 17.1 Å². The SMILES string of the molecule is O=c1[nH]c2ccccc2n1CCCNS(=O)(=O)c1cccc([N+](=O)[O-])c1. The number of H-pyrrole nitrogens is 1. The summed E-state index contributed by atoms with van der Waals surface area (Å²) in [5, 5.41) is 10.8. The predicted octanol–water partition coefficient (Wildman–Crippen LogP) is 1.61. The van der Waals surface area contributed by atoms with Crippen LogP contribution in [0.4, 0.5) is 5.69 Å². The fraction of sp³-hybridized carbons (Fsp3) is 0.188. The molecule has 0 fully saturated rings. The number of aryl methyl sites for hydroxylation is 1. The maximum atomic E-state index is 12.2. The first-order valence-corrected chi connectivity index (χ1v) is 9.28. The lowest BCUT2D eigenvalue weighted by molar-refractivity contribution is -0.385. The van der Waals surface area contributed by atoms with Gasteiger partial charge >= 0.3 is 5.69 Å². The van der Waals surface area contributed by atoms with Gasteiger partial charge in [-0.2, -0.15) is 0 Å². The van der Waals surface area contributed by atoms with Gasteiger partial charge in [0.2, 0.25) is 10.0 Å². The Morgan fingerprint density at radius 3 is 2.69 bits per heavy atom. The van der Waals surface area contributed by atoms with E-state index >= 15 is 0 Å². The number of nitro groups is 1. The largest absolute Gasteiger partial charge is 0.326 e. The third-order valence-corrected chi connectivity index (χ3v) is 5.33. The van der Waals surface area contributed by atoms with E-state index < -0.39 is 14.9 Å². The van der Waals surface area contributed by atoms with Crippen LogP contribution in [0.5, 0.6) is 0 Å². The quantitative estimate of drug-likeness (QED) is 0.368. The van der Waals surface area contributed by atoms with E-state index in [4.69, 9.17) is 0 Å². The topological polar surface area (TPSA) is 127 Å². The molecule has 3 rings (SSSR count). The van der Waals surface area contributed by atoms with Crippen molar-refractivity contribution in [2.75, 3.05) is 6.54 Å². The summed E-state index contributed by atoms with van der Waals surface area (Å²) < 4.78 is 28.4. The molecule has 136 valence electrons. The molecule has 1 aromatic heterocycles. The van der Waals surface area contributed by atoms with Gasteiger partial charge in [0, 0.05) is 25.2 Å². The van der Waals surface area contributed by atoms with Crippen LogP contribution in [0.25, 0.3) is 11.0 Å². The third-order valence-electron chi connectivity index (χ3n) is 3.87. The summed E-state index contributed by atoms with van der Waals surface area (Å²) >= 11 is 0. The Labute approximate surface area is 148 Å². The number of imidazole rings is 1. The first kappa shape index (κ1) is 17.8. The number of aromatic nitrogens is 2. The molecular formula is C16H16N4O5S. The molecule has 0 aliphatic heterocycles. The van der Waals surface area contributed by atoms with Crippen molar-refractivity contribution >= 4 is 26.7 Å². The highest BCUT2D eigenvalue weighted by Gasteiger charge is 2.17. The number of nitro benzene ring substituents is 1. The maximum absolute atomic E-state index is 12.2. The van der Waals surface area contributed by atoms with Crippen LogP contribution >= 0.6 is 0 Å². The van der Waals surface area contributed by atoms with E-state index in [1.54, 1.807) is 12.1 Å². The number of benzene rings is 2. The van der Waals surface area contributed by atoms with E-state index in [1.165, 1.54) is 22.8 Å². The van der Waals surface area contributed by atoms with E-state index in [-0.39, 0.29) is 22.8 Å². The molecule has 3 aromatic rings. The highest BCUT2D eigenvalue weighted by atomic mass is 32.2. The molecule has 10 heteroatoms. The Morgan fingerprint density at radius 2 is 1.92 bits per heavy atom. The van der Waals surface area contributed by atoms with Crippen LogP contribution in [-0.4, -0.2) is 29.4 Å². The van der Waals surface area contributed by atoms with Crippen molar-refractivity contribution in [3.8, 4) is 0 Å². The number of rotatable bonds is 7. The molecule has 2 N–H and O–H groups in total. The molecule has 9 nitrogen and oxygen atoms in total. The first-order chi connectivity index (χ1) is 12.4. The number of sulfonamides is 1. The molecule has 0 bridgehead atoms. The number of nitrogens with one attached hydrogen (secondary N) is 2. The molecule has 2 aromatic carbocycles. The van der Waals surface area contributed by atoms with Crippen LogP contribution in [0.1, 0.15) is 6.42 Å². The van der Waals surface area contributed by atoms with Gasteiger partial charge < -0.3 is 4.98 Å². The van der Waals surface area contributed by atoms with Gasteiger partial charge in [-0.15, -0.1) is 0 Å². The second-order valence-corrected chi connectivity index (χ2v) is 7.37. The number of nitrogens with zero attached hydrogens (tertiary/aromatic N) is 2. The van der Waals surface area contributed by atoms with E-state index in [0.29, 0.717) is 13.0 Å². The van der Waals surface area contributed by atoms with Crippen molar-refractivity contribution in [1.29, 1.82) is 0 Å². The molecule has 0 atom stereocenters. The smallest absolute Gasteiger partial charge is 0.306 e.